The fourth-order valence-electron chi connectivity index (χ4n) is 2.77. The molecule has 0 aliphatic heterocycles. The minimum atomic E-state index is 0.406. The van der Waals surface area contributed by atoms with Crippen LogP contribution in [0.3, 0.4) is 0 Å². The van der Waals surface area contributed by atoms with Gasteiger partial charge in [0.05, 0.1) is 7.11 Å². The lowest BCUT2D eigenvalue weighted by Crippen LogP contribution is -2.17. The first-order valence-electron chi connectivity index (χ1n) is 9.37. The summed E-state index contributed by atoms with van der Waals surface area (Å²) in [5, 5.41) is 16.4. The molecule has 0 saturated carbocycles. The topological polar surface area (TPSA) is 74.1 Å². The summed E-state index contributed by atoms with van der Waals surface area (Å²) in [4.78, 5) is 0. The molecule has 30 heavy (non-hydrogen) atoms. The lowest BCUT2D eigenvalue weighted by molar-refractivity contribution is 0.280. The molecule has 1 aromatic heterocycles. The molecule has 3 aromatic rings. The summed E-state index contributed by atoms with van der Waals surface area (Å²) in [6.45, 7) is 1.91. The van der Waals surface area contributed by atoms with E-state index in [1.807, 2.05) is 43.4 Å². The van der Waals surface area contributed by atoms with Crippen molar-refractivity contribution < 1.29 is 9.47 Å². The van der Waals surface area contributed by atoms with Crippen molar-refractivity contribution in [3.05, 3.63) is 57.0 Å². The Balaban J connectivity index is 1.57. The Kier molecular flexibility index (Phi) is 8.80. The van der Waals surface area contributed by atoms with Gasteiger partial charge in [0.25, 0.3) is 0 Å². The van der Waals surface area contributed by atoms with Gasteiger partial charge in [0.2, 0.25) is 5.16 Å². The largest absolute Gasteiger partial charge is 0.493 e. The number of halogens is 2. The average Bonchev–Trinajstić information content (AvgIpc) is 3.15. The summed E-state index contributed by atoms with van der Waals surface area (Å²) in [7, 11) is 3.48. The first kappa shape index (κ1) is 22.9. The summed E-state index contributed by atoms with van der Waals surface area (Å²) in [6.07, 6.45) is 0.984. The highest BCUT2D eigenvalue weighted by Crippen LogP contribution is 2.37. The lowest BCUT2D eigenvalue weighted by atomic mass is 10.1. The van der Waals surface area contributed by atoms with Crippen molar-refractivity contribution >= 4 is 39.3 Å². The van der Waals surface area contributed by atoms with E-state index in [4.69, 9.17) is 21.1 Å². The molecule has 0 unspecified atom stereocenters. The number of nitrogens with zero attached hydrogens (tertiary/aromatic N) is 4. The summed E-state index contributed by atoms with van der Waals surface area (Å²) < 4.78 is 14.3. The molecule has 0 saturated heterocycles. The number of aromatic nitrogens is 4. The molecule has 0 aliphatic carbocycles. The van der Waals surface area contributed by atoms with Crippen LogP contribution < -0.4 is 14.8 Å². The van der Waals surface area contributed by atoms with Gasteiger partial charge in [-0.05, 0) is 53.2 Å². The number of hydrogen-bond donors (Lipinski definition) is 1. The Hall–Kier alpha value is -1.81. The van der Waals surface area contributed by atoms with Crippen molar-refractivity contribution in [3.8, 4) is 11.5 Å². The van der Waals surface area contributed by atoms with Crippen molar-refractivity contribution in [2.45, 2.75) is 24.7 Å². The van der Waals surface area contributed by atoms with Crippen molar-refractivity contribution in [2.24, 2.45) is 7.05 Å². The normalized spacial score (nSPS) is 10.9. The van der Waals surface area contributed by atoms with Gasteiger partial charge in [-0.15, -0.1) is 5.10 Å². The smallest absolute Gasteiger partial charge is 0.209 e. The fourth-order valence-corrected chi connectivity index (χ4v) is 4.22. The van der Waals surface area contributed by atoms with Crippen molar-refractivity contribution in [3.63, 3.8) is 0 Å². The van der Waals surface area contributed by atoms with Gasteiger partial charge >= 0.3 is 0 Å². The van der Waals surface area contributed by atoms with E-state index in [9.17, 15) is 0 Å². The predicted molar refractivity (Wildman–Crippen MR) is 122 cm³/mol. The molecule has 0 amide bonds. The maximum absolute atomic E-state index is 6.14. The molecule has 1 N–H and O–H groups in total. The molecule has 0 aliphatic rings. The molecular formula is C20H23BrClN5O2S. The third kappa shape index (κ3) is 6.34. The van der Waals surface area contributed by atoms with Crippen LogP contribution in [0.1, 0.15) is 17.5 Å². The van der Waals surface area contributed by atoms with Gasteiger partial charge in [0, 0.05) is 34.4 Å². The van der Waals surface area contributed by atoms with E-state index >= 15 is 0 Å². The van der Waals surface area contributed by atoms with Crippen molar-refractivity contribution in [1.29, 1.82) is 0 Å². The van der Waals surface area contributed by atoms with Gasteiger partial charge in [0.1, 0.15) is 6.61 Å². The Labute approximate surface area is 193 Å². The molecule has 10 heteroatoms. The van der Waals surface area contributed by atoms with Crippen LogP contribution >= 0.6 is 39.3 Å². The number of aryl methyl sites for hydroxylation is 1. The number of benzene rings is 2. The van der Waals surface area contributed by atoms with Crippen LogP contribution in [0.4, 0.5) is 0 Å². The van der Waals surface area contributed by atoms with Crippen molar-refractivity contribution in [2.75, 3.05) is 19.4 Å². The van der Waals surface area contributed by atoms with Crippen LogP contribution in [0.15, 0.2) is 46.0 Å². The second kappa shape index (κ2) is 11.5. The van der Waals surface area contributed by atoms with Crippen LogP contribution in [-0.4, -0.2) is 39.6 Å². The maximum atomic E-state index is 6.14. The number of ether oxygens (including phenoxy) is 2. The second-order valence-electron chi connectivity index (χ2n) is 6.44. The van der Waals surface area contributed by atoms with Gasteiger partial charge < -0.3 is 14.8 Å². The SMILES string of the molecule is COc1ccc(Br)c(CNCCCSc2nnnn2C)c1OCc1cccc(Cl)c1. The van der Waals surface area contributed by atoms with Gasteiger partial charge in [-0.25, -0.2) is 4.68 Å². The molecule has 1 heterocycles. The molecule has 3 rings (SSSR count). The van der Waals surface area contributed by atoms with E-state index in [-0.39, 0.29) is 0 Å². The van der Waals surface area contributed by atoms with Gasteiger partial charge in [-0.3, -0.25) is 0 Å². The monoisotopic (exact) mass is 511 g/mol. The highest BCUT2D eigenvalue weighted by molar-refractivity contribution is 9.10. The second-order valence-corrected chi connectivity index (χ2v) is 8.79. The van der Waals surface area contributed by atoms with Gasteiger partial charge in [-0.1, -0.05) is 51.4 Å². The van der Waals surface area contributed by atoms with Gasteiger partial charge in [-0.2, -0.15) is 0 Å². The summed E-state index contributed by atoms with van der Waals surface area (Å²) in [5.74, 6) is 2.35. The standard InChI is InChI=1S/C20H23BrClN5O2S/c1-27-20(24-25-26-27)30-10-4-9-23-12-16-17(21)7-8-18(28-2)19(16)29-13-14-5-3-6-15(22)11-14/h3,5-8,11,23H,4,9-10,12-13H2,1-2H3. The molecule has 0 fully saturated rings. The molecular weight excluding hydrogens is 490 g/mol. The van der Waals surface area contributed by atoms with E-state index in [1.165, 1.54) is 0 Å². The van der Waals surface area contributed by atoms with Crippen LogP contribution in [0.2, 0.25) is 5.02 Å². The molecule has 7 nitrogen and oxygen atoms in total. The summed E-state index contributed by atoms with van der Waals surface area (Å²) >= 11 is 11.4. The molecule has 2 aromatic carbocycles. The molecule has 160 valence electrons. The number of nitrogens with one attached hydrogen (secondary N) is 1. The van der Waals surface area contributed by atoms with E-state index in [2.05, 4.69) is 36.8 Å². The summed E-state index contributed by atoms with van der Waals surface area (Å²) in [6, 6.07) is 11.5. The quantitative estimate of drug-likeness (QED) is 0.300. The number of hydrogen-bond acceptors (Lipinski definition) is 7. The zero-order chi connectivity index (χ0) is 21.3. The summed E-state index contributed by atoms with van der Waals surface area (Å²) in [5.41, 5.74) is 2.01. The van der Waals surface area contributed by atoms with Gasteiger partial charge in [0.15, 0.2) is 11.5 Å². The third-order valence-electron chi connectivity index (χ3n) is 4.27. The Morgan fingerprint density at radius 2 is 2.13 bits per heavy atom. The Bertz CT molecular complexity index is 972. The number of thioether (sulfide) groups is 1. The minimum absolute atomic E-state index is 0.406. The Morgan fingerprint density at radius 1 is 1.27 bits per heavy atom. The first-order chi connectivity index (χ1) is 14.6. The van der Waals surface area contributed by atoms with Crippen LogP contribution in [0.25, 0.3) is 0 Å². The first-order valence-corrected chi connectivity index (χ1v) is 11.5. The Morgan fingerprint density at radius 3 is 2.87 bits per heavy atom. The third-order valence-corrected chi connectivity index (χ3v) is 6.35. The maximum Gasteiger partial charge on any atom is 0.209 e. The fraction of sp³-hybridized carbons (Fsp3) is 0.350. The van der Waals surface area contributed by atoms with E-state index in [0.717, 1.165) is 45.2 Å². The van der Waals surface area contributed by atoms with E-state index in [0.29, 0.717) is 23.9 Å². The number of methoxy groups -OCH3 is 1. The predicted octanol–water partition coefficient (Wildman–Crippen LogP) is 4.49. The highest BCUT2D eigenvalue weighted by atomic mass is 79.9. The zero-order valence-corrected chi connectivity index (χ0v) is 19.9. The van der Waals surface area contributed by atoms with Crippen LogP contribution in [0, 0.1) is 0 Å². The van der Waals surface area contributed by atoms with E-state index in [1.54, 1.807) is 23.6 Å². The molecule has 0 atom stereocenters. The van der Waals surface area contributed by atoms with Crippen LogP contribution in [-0.2, 0) is 20.2 Å². The lowest BCUT2D eigenvalue weighted by Gasteiger charge is -2.17. The number of tetrazole rings is 1. The minimum Gasteiger partial charge on any atom is -0.493 e. The van der Waals surface area contributed by atoms with Crippen LogP contribution in [0.5, 0.6) is 11.5 Å². The average molecular weight is 513 g/mol. The van der Waals surface area contributed by atoms with Crippen molar-refractivity contribution in [1.82, 2.24) is 25.5 Å². The highest BCUT2D eigenvalue weighted by Gasteiger charge is 2.15. The number of rotatable bonds is 11. The molecule has 0 spiro atoms. The van der Waals surface area contributed by atoms with E-state index < -0.39 is 0 Å². The molecule has 0 radical (unpaired) electrons. The molecule has 0 bridgehead atoms. The zero-order valence-electron chi connectivity index (χ0n) is 16.8.